The Labute approximate surface area is 190 Å². The van der Waals surface area contributed by atoms with E-state index in [1.165, 1.54) is 18.4 Å². The van der Waals surface area contributed by atoms with E-state index in [-0.39, 0.29) is 18.1 Å². The van der Waals surface area contributed by atoms with Crippen LogP contribution in [0.15, 0.2) is 36.4 Å². The van der Waals surface area contributed by atoms with Gasteiger partial charge >= 0.3 is 0 Å². The standard InChI is InChI=1S/C23H25ClN2O4S/c1-14(2)30-21-17(24)11-15(12-19(21)28-3)22(27)26(13-16-7-6-10-29-16)23-25-18-8-4-5-9-20(18)31-23/h4-5,8-9,11-12,14,16H,6-7,10,13H2,1-3H3. The summed E-state index contributed by atoms with van der Waals surface area (Å²) in [6.45, 7) is 4.97. The van der Waals surface area contributed by atoms with Gasteiger partial charge in [0.05, 0.1) is 41.1 Å². The molecular weight excluding hydrogens is 436 g/mol. The predicted molar refractivity (Wildman–Crippen MR) is 124 cm³/mol. The highest BCUT2D eigenvalue weighted by Crippen LogP contribution is 2.38. The third-order valence-corrected chi connectivity index (χ3v) is 6.34. The predicted octanol–water partition coefficient (Wildman–Crippen LogP) is 5.57. The fourth-order valence-corrected chi connectivity index (χ4v) is 4.79. The maximum absolute atomic E-state index is 13.6. The van der Waals surface area contributed by atoms with Crippen molar-refractivity contribution < 1.29 is 19.0 Å². The highest BCUT2D eigenvalue weighted by molar-refractivity contribution is 7.22. The molecule has 0 saturated carbocycles. The molecule has 0 radical (unpaired) electrons. The molecule has 1 aliphatic rings. The average Bonchev–Trinajstić information content (AvgIpc) is 3.41. The third kappa shape index (κ3) is 4.79. The summed E-state index contributed by atoms with van der Waals surface area (Å²) in [6.07, 6.45) is 1.82. The number of carbonyl (C=O) groups is 1. The van der Waals surface area contributed by atoms with Crippen LogP contribution in [0.3, 0.4) is 0 Å². The number of nitrogens with zero attached hydrogens (tertiary/aromatic N) is 2. The van der Waals surface area contributed by atoms with Gasteiger partial charge in [0, 0.05) is 12.2 Å². The molecule has 1 saturated heterocycles. The molecule has 6 nitrogen and oxygen atoms in total. The van der Waals surface area contributed by atoms with Gasteiger partial charge < -0.3 is 14.2 Å². The van der Waals surface area contributed by atoms with E-state index in [9.17, 15) is 4.79 Å². The van der Waals surface area contributed by atoms with Gasteiger partial charge in [-0.2, -0.15) is 0 Å². The van der Waals surface area contributed by atoms with Crippen molar-refractivity contribution in [3.63, 3.8) is 0 Å². The van der Waals surface area contributed by atoms with E-state index in [2.05, 4.69) is 0 Å². The lowest BCUT2D eigenvalue weighted by Crippen LogP contribution is -2.37. The van der Waals surface area contributed by atoms with Crippen molar-refractivity contribution in [1.82, 2.24) is 4.98 Å². The number of halogens is 1. The van der Waals surface area contributed by atoms with Gasteiger partial charge in [-0.15, -0.1) is 0 Å². The summed E-state index contributed by atoms with van der Waals surface area (Å²) in [5.41, 5.74) is 1.28. The van der Waals surface area contributed by atoms with Crippen LogP contribution in [-0.2, 0) is 4.74 Å². The van der Waals surface area contributed by atoms with Gasteiger partial charge in [-0.05, 0) is 51.0 Å². The van der Waals surface area contributed by atoms with Crippen molar-refractivity contribution in [2.24, 2.45) is 0 Å². The minimum Gasteiger partial charge on any atom is -0.493 e. The number of aromatic nitrogens is 1. The van der Waals surface area contributed by atoms with Crippen LogP contribution in [0.4, 0.5) is 5.13 Å². The van der Waals surface area contributed by atoms with Crippen molar-refractivity contribution in [1.29, 1.82) is 0 Å². The summed E-state index contributed by atoms with van der Waals surface area (Å²) >= 11 is 7.96. The molecule has 1 unspecified atom stereocenters. The number of hydrogen-bond acceptors (Lipinski definition) is 6. The minimum absolute atomic E-state index is 0.0168. The molecule has 1 amide bonds. The maximum atomic E-state index is 13.6. The zero-order valence-electron chi connectivity index (χ0n) is 17.8. The zero-order valence-corrected chi connectivity index (χ0v) is 19.3. The van der Waals surface area contributed by atoms with Crippen LogP contribution in [0.2, 0.25) is 5.02 Å². The molecule has 164 valence electrons. The van der Waals surface area contributed by atoms with Gasteiger partial charge in [-0.1, -0.05) is 35.1 Å². The summed E-state index contributed by atoms with van der Waals surface area (Å²) < 4.78 is 18.1. The molecule has 4 rings (SSSR count). The first-order valence-electron chi connectivity index (χ1n) is 10.3. The maximum Gasteiger partial charge on any atom is 0.260 e. The quantitative estimate of drug-likeness (QED) is 0.461. The number of hydrogen-bond donors (Lipinski definition) is 0. The average molecular weight is 461 g/mol. The van der Waals surface area contributed by atoms with E-state index in [4.69, 9.17) is 30.8 Å². The summed E-state index contributed by atoms with van der Waals surface area (Å²) in [6, 6.07) is 11.2. The molecule has 0 spiro atoms. The highest BCUT2D eigenvalue weighted by Gasteiger charge is 2.28. The Morgan fingerprint density at radius 3 is 2.84 bits per heavy atom. The third-order valence-electron chi connectivity index (χ3n) is 5.00. The Bertz CT molecular complexity index is 1050. The van der Waals surface area contributed by atoms with Crippen molar-refractivity contribution in [3.8, 4) is 11.5 Å². The first-order chi connectivity index (χ1) is 15.0. The fraction of sp³-hybridized carbons (Fsp3) is 0.391. The summed E-state index contributed by atoms with van der Waals surface area (Å²) in [5, 5.41) is 0.970. The number of carbonyl (C=O) groups excluding carboxylic acids is 1. The number of thiazole rings is 1. The molecule has 1 aromatic heterocycles. The molecule has 3 aromatic rings. The first kappa shape index (κ1) is 21.9. The Kier molecular flexibility index (Phi) is 6.65. The number of anilines is 1. The lowest BCUT2D eigenvalue weighted by Gasteiger charge is -2.24. The molecule has 1 atom stereocenters. The van der Waals surface area contributed by atoms with Crippen LogP contribution in [0, 0.1) is 0 Å². The van der Waals surface area contributed by atoms with Gasteiger partial charge in [0.15, 0.2) is 16.6 Å². The number of fused-ring (bicyclic) bond motifs is 1. The molecular formula is C23H25ClN2O4S. The molecule has 0 bridgehead atoms. The second kappa shape index (κ2) is 9.42. The number of para-hydroxylation sites is 1. The molecule has 0 N–H and O–H groups in total. The van der Waals surface area contributed by atoms with E-state index in [0.29, 0.717) is 40.4 Å². The highest BCUT2D eigenvalue weighted by atomic mass is 35.5. The Balaban J connectivity index is 1.72. The topological polar surface area (TPSA) is 60.9 Å². The summed E-state index contributed by atoms with van der Waals surface area (Å²) in [7, 11) is 1.53. The summed E-state index contributed by atoms with van der Waals surface area (Å²) in [4.78, 5) is 20.0. The monoisotopic (exact) mass is 460 g/mol. The molecule has 2 aromatic carbocycles. The van der Waals surface area contributed by atoms with E-state index < -0.39 is 0 Å². The van der Waals surface area contributed by atoms with Crippen molar-refractivity contribution >= 4 is 44.2 Å². The molecule has 2 heterocycles. The van der Waals surface area contributed by atoms with E-state index >= 15 is 0 Å². The van der Waals surface area contributed by atoms with Crippen LogP contribution in [0.1, 0.15) is 37.0 Å². The van der Waals surface area contributed by atoms with Crippen LogP contribution in [-0.4, -0.2) is 43.4 Å². The van der Waals surface area contributed by atoms with Crippen LogP contribution in [0.25, 0.3) is 10.2 Å². The SMILES string of the molecule is COc1cc(C(=O)N(CC2CCCO2)c2nc3ccccc3s2)cc(Cl)c1OC(C)C. The molecule has 1 aliphatic heterocycles. The normalized spacial score (nSPS) is 16.1. The Morgan fingerprint density at radius 1 is 1.35 bits per heavy atom. The molecule has 8 heteroatoms. The van der Waals surface area contributed by atoms with Gasteiger partial charge in [-0.25, -0.2) is 4.98 Å². The Morgan fingerprint density at radius 2 is 2.16 bits per heavy atom. The largest absolute Gasteiger partial charge is 0.493 e. The fourth-order valence-electron chi connectivity index (χ4n) is 3.56. The second-order valence-corrected chi connectivity index (χ2v) is 9.09. The number of benzene rings is 2. The van der Waals surface area contributed by atoms with Gasteiger partial charge in [-0.3, -0.25) is 9.69 Å². The van der Waals surface area contributed by atoms with Crippen LogP contribution >= 0.6 is 22.9 Å². The van der Waals surface area contributed by atoms with Gasteiger partial charge in [0.1, 0.15) is 0 Å². The van der Waals surface area contributed by atoms with Crippen molar-refractivity contribution in [3.05, 3.63) is 47.0 Å². The Hall–Kier alpha value is -2.35. The summed E-state index contributed by atoms with van der Waals surface area (Å²) in [5.74, 6) is 0.651. The first-order valence-corrected chi connectivity index (χ1v) is 11.5. The molecule has 0 aliphatic carbocycles. The second-order valence-electron chi connectivity index (χ2n) is 7.67. The van der Waals surface area contributed by atoms with Gasteiger partial charge in [0.25, 0.3) is 5.91 Å². The number of rotatable bonds is 7. The minimum atomic E-state index is -0.203. The lowest BCUT2D eigenvalue weighted by molar-refractivity contribution is 0.0917. The smallest absolute Gasteiger partial charge is 0.260 e. The van der Waals surface area contributed by atoms with Gasteiger partial charge in [0.2, 0.25) is 0 Å². The van der Waals surface area contributed by atoms with Crippen molar-refractivity contribution in [2.45, 2.75) is 38.9 Å². The van der Waals surface area contributed by atoms with E-state index in [0.717, 1.165) is 23.1 Å². The van der Waals surface area contributed by atoms with Crippen LogP contribution in [0.5, 0.6) is 11.5 Å². The number of amides is 1. The van der Waals surface area contributed by atoms with Crippen LogP contribution < -0.4 is 14.4 Å². The van der Waals surface area contributed by atoms with E-state index in [1.54, 1.807) is 17.0 Å². The number of ether oxygens (including phenoxy) is 3. The van der Waals surface area contributed by atoms with E-state index in [1.807, 2.05) is 38.1 Å². The lowest BCUT2D eigenvalue weighted by atomic mass is 10.1. The molecule has 31 heavy (non-hydrogen) atoms. The molecule has 1 fully saturated rings. The number of methoxy groups -OCH3 is 1. The van der Waals surface area contributed by atoms with Crippen molar-refractivity contribution in [2.75, 3.05) is 25.2 Å². The zero-order chi connectivity index (χ0) is 22.0.